The molecule has 2 heterocycles. The van der Waals surface area contributed by atoms with Crippen molar-refractivity contribution in [3.05, 3.63) is 36.0 Å². The number of likely N-dealkylation sites (tertiary alicyclic amines) is 1. The van der Waals surface area contributed by atoms with Gasteiger partial charge < -0.3 is 9.47 Å². The molecule has 7 heteroatoms. The van der Waals surface area contributed by atoms with Crippen LogP contribution in [0.15, 0.2) is 30.5 Å². The Kier molecular flexibility index (Phi) is 4.97. The maximum Gasteiger partial charge on any atom is 0.271 e. The molecule has 1 fully saturated rings. The first-order chi connectivity index (χ1) is 12.4. The number of aryl methyl sites for hydroxylation is 1. The fraction of sp³-hybridized carbons (Fsp3) is 0.421. The highest BCUT2D eigenvalue weighted by atomic mass is 16.2. The molecule has 1 aliphatic rings. The zero-order valence-corrected chi connectivity index (χ0v) is 15.3. The summed E-state index contributed by atoms with van der Waals surface area (Å²) in [5.41, 5.74) is 6.37. The third-order valence-electron chi connectivity index (χ3n) is 4.61. The Morgan fingerprint density at radius 3 is 2.69 bits per heavy atom. The molecule has 1 aromatic carbocycles. The van der Waals surface area contributed by atoms with Crippen molar-refractivity contribution in [3.8, 4) is 0 Å². The van der Waals surface area contributed by atoms with E-state index in [1.807, 2.05) is 49.7 Å². The maximum absolute atomic E-state index is 12.4. The number of fused-ring (bicyclic) bond motifs is 1. The van der Waals surface area contributed by atoms with E-state index in [2.05, 4.69) is 10.9 Å². The highest BCUT2D eigenvalue weighted by molar-refractivity contribution is 6.07. The van der Waals surface area contributed by atoms with Gasteiger partial charge in [-0.2, -0.15) is 0 Å². The third kappa shape index (κ3) is 3.56. The summed E-state index contributed by atoms with van der Waals surface area (Å²) in [6, 6.07) is 7.57. The normalized spacial score (nSPS) is 17.2. The number of nitrogens with zero attached hydrogens (tertiary/aromatic N) is 2. The second-order valence-electron chi connectivity index (χ2n) is 7.21. The molecule has 3 rings (SSSR count). The largest absolute Gasteiger partial charge is 0.350 e. The van der Waals surface area contributed by atoms with Crippen molar-refractivity contribution in [2.75, 3.05) is 13.1 Å². The van der Waals surface area contributed by atoms with E-state index in [4.69, 9.17) is 0 Å². The first-order valence-corrected chi connectivity index (χ1v) is 8.79. The minimum atomic E-state index is -0.436. The van der Waals surface area contributed by atoms with Gasteiger partial charge in [-0.15, -0.1) is 0 Å². The van der Waals surface area contributed by atoms with E-state index in [-0.39, 0.29) is 24.1 Å². The molecule has 3 amide bonds. The summed E-state index contributed by atoms with van der Waals surface area (Å²) in [7, 11) is 1.87. The van der Waals surface area contributed by atoms with Crippen LogP contribution in [-0.2, 0) is 16.6 Å². The topological polar surface area (TPSA) is 83.4 Å². The monoisotopic (exact) mass is 356 g/mol. The number of hydrazine groups is 1. The van der Waals surface area contributed by atoms with Crippen LogP contribution in [0.2, 0.25) is 0 Å². The van der Waals surface area contributed by atoms with Crippen molar-refractivity contribution >= 4 is 28.6 Å². The van der Waals surface area contributed by atoms with E-state index in [0.29, 0.717) is 24.6 Å². The summed E-state index contributed by atoms with van der Waals surface area (Å²) < 4.78 is 1.87. The molecule has 2 aromatic rings. The van der Waals surface area contributed by atoms with Crippen molar-refractivity contribution in [2.24, 2.45) is 18.9 Å². The van der Waals surface area contributed by atoms with E-state index >= 15 is 0 Å². The summed E-state index contributed by atoms with van der Waals surface area (Å²) in [5, 5.41) is 0.820. The van der Waals surface area contributed by atoms with Crippen molar-refractivity contribution in [3.63, 3.8) is 0 Å². The minimum Gasteiger partial charge on any atom is -0.350 e. The van der Waals surface area contributed by atoms with Gasteiger partial charge in [-0.05, 0) is 12.0 Å². The molecule has 1 aromatic heterocycles. The van der Waals surface area contributed by atoms with E-state index in [1.165, 1.54) is 0 Å². The predicted octanol–water partition coefficient (Wildman–Crippen LogP) is 1.44. The summed E-state index contributed by atoms with van der Waals surface area (Å²) in [6.45, 7) is 5.11. The number of carbonyl (C=O) groups is 3. The number of rotatable bonds is 4. The van der Waals surface area contributed by atoms with Crippen LogP contribution in [0.25, 0.3) is 10.9 Å². The van der Waals surface area contributed by atoms with E-state index in [1.54, 1.807) is 11.1 Å². The number of benzene rings is 1. The first-order valence-electron chi connectivity index (χ1n) is 8.79. The highest BCUT2D eigenvalue weighted by Gasteiger charge is 2.34. The van der Waals surface area contributed by atoms with Crippen molar-refractivity contribution in [2.45, 2.75) is 20.3 Å². The minimum absolute atomic E-state index is 0.0146. The number of carbonyl (C=O) groups excluding carboxylic acids is 3. The zero-order valence-electron chi connectivity index (χ0n) is 15.3. The second kappa shape index (κ2) is 7.19. The number of aromatic nitrogens is 1. The van der Waals surface area contributed by atoms with Crippen LogP contribution >= 0.6 is 0 Å². The molecular weight excluding hydrogens is 332 g/mol. The molecule has 26 heavy (non-hydrogen) atoms. The molecule has 1 aliphatic heterocycles. The smallest absolute Gasteiger partial charge is 0.271 e. The highest BCUT2D eigenvalue weighted by Crippen LogP contribution is 2.21. The van der Waals surface area contributed by atoms with Crippen molar-refractivity contribution < 1.29 is 14.4 Å². The van der Waals surface area contributed by atoms with Crippen molar-refractivity contribution in [1.29, 1.82) is 0 Å². The molecule has 0 saturated carbocycles. The Morgan fingerprint density at radius 2 is 1.96 bits per heavy atom. The fourth-order valence-corrected chi connectivity index (χ4v) is 3.38. The summed E-state index contributed by atoms with van der Waals surface area (Å²) in [4.78, 5) is 38.5. The first kappa shape index (κ1) is 18.0. The molecule has 0 bridgehead atoms. The van der Waals surface area contributed by atoms with Gasteiger partial charge in [0.1, 0.15) is 0 Å². The maximum atomic E-state index is 12.4. The molecule has 0 radical (unpaired) electrons. The zero-order chi connectivity index (χ0) is 18.8. The molecule has 7 nitrogen and oxygen atoms in total. The molecule has 138 valence electrons. The molecular formula is C19H24N4O3. The quantitative estimate of drug-likeness (QED) is 0.813. The molecule has 0 aliphatic carbocycles. The van der Waals surface area contributed by atoms with Crippen LogP contribution in [0.4, 0.5) is 0 Å². The van der Waals surface area contributed by atoms with Gasteiger partial charge in [0.2, 0.25) is 11.8 Å². The Hall–Kier alpha value is -2.83. The van der Waals surface area contributed by atoms with Crippen LogP contribution < -0.4 is 10.9 Å². The average molecular weight is 356 g/mol. The van der Waals surface area contributed by atoms with Crippen LogP contribution in [0.1, 0.15) is 30.6 Å². The SMILES string of the molecule is CC(C)CN1CC(C(=O)NNC(=O)c2cn(C)c3ccccc23)CC1=O. The standard InChI is InChI=1S/C19H24N4O3/c1-12(2)9-23-10-13(8-17(23)24)18(25)20-21-19(26)15-11-22(3)16-7-5-4-6-14(15)16/h4-7,11-13H,8-10H2,1-3H3,(H,20,25)(H,21,26). The number of hydrogen-bond acceptors (Lipinski definition) is 3. The summed E-state index contributed by atoms with van der Waals surface area (Å²) in [6.07, 6.45) is 1.91. The average Bonchev–Trinajstić information content (AvgIpc) is 3.13. The van der Waals surface area contributed by atoms with Gasteiger partial charge in [0.15, 0.2) is 0 Å². The van der Waals surface area contributed by atoms with Crippen molar-refractivity contribution in [1.82, 2.24) is 20.3 Å². The van der Waals surface area contributed by atoms with Gasteiger partial charge in [-0.3, -0.25) is 25.2 Å². The van der Waals surface area contributed by atoms with Gasteiger partial charge >= 0.3 is 0 Å². The Labute approximate surface area is 152 Å². The fourth-order valence-electron chi connectivity index (χ4n) is 3.38. The van der Waals surface area contributed by atoms with Gasteiger partial charge in [0.25, 0.3) is 5.91 Å². The summed E-state index contributed by atoms with van der Waals surface area (Å²) in [5.74, 6) is -0.808. The molecule has 1 unspecified atom stereocenters. The lowest BCUT2D eigenvalue weighted by atomic mass is 10.1. The predicted molar refractivity (Wildman–Crippen MR) is 98.1 cm³/mol. The van der Waals surface area contributed by atoms with Gasteiger partial charge in [0.05, 0.1) is 11.5 Å². The second-order valence-corrected chi connectivity index (χ2v) is 7.21. The lowest BCUT2D eigenvalue weighted by Crippen LogP contribution is -2.45. The lowest BCUT2D eigenvalue weighted by molar-refractivity contribution is -0.129. The number of nitrogens with one attached hydrogen (secondary N) is 2. The van der Waals surface area contributed by atoms with Crippen LogP contribution in [0.5, 0.6) is 0 Å². The van der Waals surface area contributed by atoms with Gasteiger partial charge in [-0.1, -0.05) is 32.0 Å². The lowest BCUT2D eigenvalue weighted by Gasteiger charge is -2.18. The number of para-hydroxylation sites is 1. The molecule has 1 saturated heterocycles. The van der Waals surface area contributed by atoms with E-state index in [0.717, 1.165) is 10.9 Å². The Bertz CT molecular complexity index is 856. The summed E-state index contributed by atoms with van der Waals surface area (Å²) >= 11 is 0. The Morgan fingerprint density at radius 1 is 1.23 bits per heavy atom. The molecule has 1 atom stereocenters. The number of hydrogen-bond donors (Lipinski definition) is 2. The van der Waals surface area contributed by atoms with Crippen LogP contribution in [0, 0.1) is 11.8 Å². The Balaban J connectivity index is 1.61. The van der Waals surface area contributed by atoms with Gasteiger partial charge in [0, 0.05) is 43.7 Å². The van der Waals surface area contributed by atoms with E-state index in [9.17, 15) is 14.4 Å². The van der Waals surface area contributed by atoms with Gasteiger partial charge in [-0.25, -0.2) is 0 Å². The number of amides is 3. The molecule has 0 spiro atoms. The van der Waals surface area contributed by atoms with Crippen LogP contribution in [-0.4, -0.2) is 40.3 Å². The molecule has 2 N–H and O–H groups in total. The van der Waals surface area contributed by atoms with Crippen LogP contribution in [0.3, 0.4) is 0 Å². The van der Waals surface area contributed by atoms with E-state index < -0.39 is 5.92 Å². The third-order valence-corrected chi connectivity index (χ3v) is 4.61.